The van der Waals surface area contributed by atoms with Crippen LogP contribution in [0.1, 0.15) is 73.8 Å². The molecule has 6 nitrogen and oxygen atoms in total. The normalized spacial score (nSPS) is 21.6. The van der Waals surface area contributed by atoms with E-state index in [1.165, 1.54) is 16.9 Å². The molecule has 0 amide bonds. The van der Waals surface area contributed by atoms with Crippen molar-refractivity contribution in [2.45, 2.75) is 73.6 Å². The minimum absolute atomic E-state index is 0.174. The highest BCUT2D eigenvalue weighted by Crippen LogP contribution is 2.48. The number of likely N-dealkylation sites (N-methyl/N-ethyl adjacent to an activating group) is 2. The molecule has 4 rings (SSSR count). The Morgan fingerprint density at radius 3 is 2.11 bits per heavy atom. The number of fused-ring (bicyclic) bond motifs is 1. The number of hydrogen-bond donors (Lipinski definition) is 0. The van der Waals surface area contributed by atoms with Gasteiger partial charge in [0.15, 0.2) is 11.1 Å². The van der Waals surface area contributed by atoms with Crippen molar-refractivity contribution in [3.63, 3.8) is 0 Å². The summed E-state index contributed by atoms with van der Waals surface area (Å²) in [5.74, 6) is -1.10. The summed E-state index contributed by atoms with van der Waals surface area (Å²) in [4.78, 5) is 29.7. The van der Waals surface area contributed by atoms with Gasteiger partial charge in [0.25, 0.3) is 0 Å². The van der Waals surface area contributed by atoms with Gasteiger partial charge < -0.3 is 14.4 Å². The van der Waals surface area contributed by atoms with Gasteiger partial charge in [-0.1, -0.05) is 69.5 Å². The Morgan fingerprint density at radius 1 is 0.891 bits per heavy atom. The van der Waals surface area contributed by atoms with Gasteiger partial charge in [0, 0.05) is 41.1 Å². The molecule has 3 aliphatic rings. The molecule has 0 aromatic heterocycles. The molecular weight excluding hydrogens is 572 g/mol. The zero-order valence-electron chi connectivity index (χ0n) is 29.0. The van der Waals surface area contributed by atoms with Crippen LogP contribution in [0, 0.1) is 10.8 Å². The van der Waals surface area contributed by atoms with Crippen molar-refractivity contribution in [1.29, 1.82) is 0 Å². The van der Waals surface area contributed by atoms with Crippen LogP contribution in [-0.4, -0.2) is 48.5 Å². The number of anilines is 1. The number of hydrogen-bond acceptors (Lipinski definition) is 5. The molecule has 6 heteroatoms. The second-order valence-corrected chi connectivity index (χ2v) is 13.1. The average Bonchev–Trinajstić information content (AvgIpc) is 3.39. The van der Waals surface area contributed by atoms with Gasteiger partial charge in [-0.05, 0) is 83.2 Å². The third-order valence-corrected chi connectivity index (χ3v) is 9.63. The molecule has 2 heterocycles. The molecule has 0 radical (unpaired) electrons. The SMILES string of the molecule is C=CC1=C(C=C)C(C)(C)C(/C=C/C2=CC(=C/C=C3/N(CC)c4ccccc4C3(C)C)/CC(C(=O)OCC)(C(=O)OCC)C2)=[N+]1CC. The molecule has 0 fully saturated rings. The fraction of sp³-hybridized carbons (Fsp3) is 0.425. The van der Waals surface area contributed by atoms with Crippen LogP contribution in [0.5, 0.6) is 0 Å². The van der Waals surface area contributed by atoms with Gasteiger partial charge in [-0.15, -0.1) is 0 Å². The molecule has 0 spiro atoms. The molecule has 0 N–H and O–H groups in total. The van der Waals surface area contributed by atoms with Crippen LogP contribution in [0.4, 0.5) is 5.69 Å². The van der Waals surface area contributed by atoms with Gasteiger partial charge in [0.1, 0.15) is 6.54 Å². The molecule has 2 aliphatic heterocycles. The van der Waals surface area contributed by atoms with Crippen molar-refractivity contribution in [2.75, 3.05) is 31.2 Å². The molecule has 1 aliphatic carbocycles. The number of para-hydroxylation sites is 1. The van der Waals surface area contributed by atoms with E-state index in [0.29, 0.717) is 0 Å². The summed E-state index contributed by atoms with van der Waals surface area (Å²) >= 11 is 0. The van der Waals surface area contributed by atoms with Crippen LogP contribution >= 0.6 is 0 Å². The van der Waals surface area contributed by atoms with E-state index in [-0.39, 0.29) is 36.9 Å². The van der Waals surface area contributed by atoms with Gasteiger partial charge in [-0.2, -0.15) is 4.58 Å². The van der Waals surface area contributed by atoms with Gasteiger partial charge in [0.2, 0.25) is 5.70 Å². The molecule has 0 saturated heterocycles. The summed E-state index contributed by atoms with van der Waals surface area (Å²) in [5.41, 5.74) is 6.62. The number of benzene rings is 1. The Bertz CT molecular complexity index is 1590. The Labute approximate surface area is 275 Å². The molecule has 244 valence electrons. The minimum Gasteiger partial charge on any atom is -0.465 e. The fourth-order valence-electron chi connectivity index (χ4n) is 7.37. The van der Waals surface area contributed by atoms with E-state index in [9.17, 15) is 9.59 Å². The second kappa shape index (κ2) is 13.7. The quantitative estimate of drug-likeness (QED) is 0.142. The van der Waals surface area contributed by atoms with E-state index in [4.69, 9.17) is 9.47 Å². The molecule has 1 aromatic carbocycles. The van der Waals surface area contributed by atoms with Gasteiger partial charge in [-0.3, -0.25) is 9.59 Å². The van der Waals surface area contributed by atoms with Crippen LogP contribution < -0.4 is 4.90 Å². The number of allylic oxidation sites excluding steroid dienone is 11. The number of esters is 2. The molecule has 0 saturated carbocycles. The van der Waals surface area contributed by atoms with Crippen LogP contribution in [0.25, 0.3) is 0 Å². The first-order valence-corrected chi connectivity index (χ1v) is 16.5. The lowest BCUT2D eigenvalue weighted by molar-refractivity contribution is -0.465. The zero-order valence-corrected chi connectivity index (χ0v) is 29.0. The van der Waals surface area contributed by atoms with Crippen molar-refractivity contribution < 1.29 is 23.6 Å². The lowest BCUT2D eigenvalue weighted by Crippen LogP contribution is -2.44. The highest BCUT2D eigenvalue weighted by Gasteiger charge is 2.51. The summed E-state index contributed by atoms with van der Waals surface area (Å²) in [6, 6.07) is 8.51. The molecule has 46 heavy (non-hydrogen) atoms. The summed E-state index contributed by atoms with van der Waals surface area (Å²) in [7, 11) is 0. The molecule has 0 unspecified atom stereocenters. The maximum absolute atomic E-state index is 13.7. The van der Waals surface area contributed by atoms with Crippen LogP contribution in [0.2, 0.25) is 0 Å². The number of ether oxygens (including phenoxy) is 2. The highest BCUT2D eigenvalue weighted by atomic mass is 16.6. The Kier molecular flexibility index (Phi) is 10.3. The van der Waals surface area contributed by atoms with E-state index >= 15 is 0 Å². The van der Waals surface area contributed by atoms with Crippen molar-refractivity contribution in [3.8, 4) is 0 Å². The summed E-state index contributed by atoms with van der Waals surface area (Å²) in [5, 5.41) is 0. The summed E-state index contributed by atoms with van der Waals surface area (Å²) < 4.78 is 13.4. The van der Waals surface area contributed by atoms with E-state index in [1.54, 1.807) is 13.8 Å². The van der Waals surface area contributed by atoms with Crippen molar-refractivity contribution in [1.82, 2.24) is 0 Å². The first-order chi connectivity index (χ1) is 21.9. The van der Waals surface area contributed by atoms with Crippen LogP contribution in [-0.2, 0) is 24.5 Å². The van der Waals surface area contributed by atoms with Crippen LogP contribution in [0.15, 0.2) is 108 Å². The fourth-order valence-corrected chi connectivity index (χ4v) is 7.37. The van der Waals surface area contributed by atoms with Gasteiger partial charge >= 0.3 is 11.9 Å². The Hall–Kier alpha value is -4.19. The third kappa shape index (κ3) is 5.90. The van der Waals surface area contributed by atoms with E-state index < -0.39 is 17.4 Å². The second-order valence-electron chi connectivity index (χ2n) is 13.1. The maximum atomic E-state index is 13.7. The third-order valence-electron chi connectivity index (χ3n) is 9.63. The summed E-state index contributed by atoms with van der Waals surface area (Å²) in [6.45, 7) is 26.7. The summed E-state index contributed by atoms with van der Waals surface area (Å²) in [6.07, 6.45) is 14.6. The standard InChI is InChI=1S/C40H51N2O4/c1-11-30-32(12-2)41(13-3)34(38(30,7)8)23-21-28-25-29(27-40(26-28,36(43)45-15-5)37(44)46-16-6)22-24-35-39(9,10)31-19-17-18-20-33(31)42(35)14-4/h11-12,17-25H,1-2,13-16,26-27H2,3-10H3/q+1. The Morgan fingerprint density at radius 2 is 1.54 bits per heavy atom. The smallest absolute Gasteiger partial charge is 0.324 e. The first-order valence-electron chi connectivity index (χ1n) is 16.5. The van der Waals surface area contributed by atoms with Gasteiger partial charge in [-0.25, -0.2) is 0 Å². The number of nitrogens with zero attached hydrogens (tertiary/aromatic N) is 2. The Balaban J connectivity index is 1.87. The number of carbonyl (C=O) groups excluding carboxylic acids is 2. The lowest BCUT2D eigenvalue weighted by atomic mass is 9.71. The number of rotatable bonds is 11. The molecule has 0 bridgehead atoms. The van der Waals surface area contributed by atoms with E-state index in [2.05, 4.69) is 113 Å². The average molecular weight is 624 g/mol. The number of carbonyl (C=O) groups is 2. The van der Waals surface area contributed by atoms with E-state index in [1.807, 2.05) is 18.2 Å². The monoisotopic (exact) mass is 623 g/mol. The minimum atomic E-state index is -1.49. The largest absolute Gasteiger partial charge is 0.465 e. The van der Waals surface area contributed by atoms with Crippen molar-refractivity contribution in [3.05, 3.63) is 114 Å². The maximum Gasteiger partial charge on any atom is 0.324 e. The topological polar surface area (TPSA) is 58.9 Å². The molecule has 1 aromatic rings. The van der Waals surface area contributed by atoms with Crippen molar-refractivity contribution in [2.24, 2.45) is 10.8 Å². The zero-order chi connectivity index (χ0) is 33.9. The van der Waals surface area contributed by atoms with Crippen LogP contribution in [0.3, 0.4) is 0 Å². The van der Waals surface area contributed by atoms with Gasteiger partial charge in [0.05, 0.1) is 18.6 Å². The molecular formula is C40H51N2O4+. The predicted molar refractivity (Wildman–Crippen MR) is 188 cm³/mol. The highest BCUT2D eigenvalue weighted by molar-refractivity contribution is 6.02. The predicted octanol–water partition coefficient (Wildman–Crippen LogP) is 8.14. The first kappa shape index (κ1) is 34.7. The molecule has 0 atom stereocenters. The van der Waals surface area contributed by atoms with E-state index in [0.717, 1.165) is 41.2 Å². The lowest BCUT2D eigenvalue weighted by Gasteiger charge is -2.33. The van der Waals surface area contributed by atoms with Crippen molar-refractivity contribution >= 4 is 23.3 Å².